The summed E-state index contributed by atoms with van der Waals surface area (Å²) < 4.78 is 10.6. The molecule has 1 fully saturated rings. The third kappa shape index (κ3) is 4.44. The number of amides is 2. The van der Waals surface area contributed by atoms with E-state index in [0.29, 0.717) is 30.0 Å². The molecule has 1 heterocycles. The van der Waals surface area contributed by atoms with Crippen LogP contribution >= 0.6 is 0 Å². The molecule has 28 heavy (non-hydrogen) atoms. The maximum Gasteiger partial charge on any atom is 0.251 e. The summed E-state index contributed by atoms with van der Waals surface area (Å²) in [7, 11) is 3.17. The highest BCUT2D eigenvalue weighted by Crippen LogP contribution is 2.30. The SMILES string of the molecule is COc1ccc([C@H](C)NC(=O)c2ccc(CN3CCCC3=O)cc2)cc1OC. The second-order valence-electron chi connectivity index (χ2n) is 6.93. The Balaban J connectivity index is 1.63. The number of hydrogen-bond acceptors (Lipinski definition) is 4. The third-order valence-electron chi connectivity index (χ3n) is 5.02. The van der Waals surface area contributed by atoms with Crippen LogP contribution in [0.25, 0.3) is 0 Å². The molecule has 2 amide bonds. The van der Waals surface area contributed by atoms with Crippen LogP contribution in [-0.4, -0.2) is 37.5 Å². The molecule has 1 N–H and O–H groups in total. The molecule has 0 saturated carbocycles. The molecular weight excluding hydrogens is 356 g/mol. The second kappa shape index (κ2) is 8.78. The monoisotopic (exact) mass is 382 g/mol. The summed E-state index contributed by atoms with van der Waals surface area (Å²) in [5.74, 6) is 1.33. The van der Waals surface area contributed by atoms with Crippen LogP contribution in [0.1, 0.15) is 47.3 Å². The molecule has 1 saturated heterocycles. The molecule has 2 aromatic rings. The molecule has 1 aliphatic rings. The van der Waals surface area contributed by atoms with Crippen molar-refractivity contribution in [2.24, 2.45) is 0 Å². The van der Waals surface area contributed by atoms with Crippen molar-refractivity contribution >= 4 is 11.8 Å². The molecule has 1 atom stereocenters. The van der Waals surface area contributed by atoms with Gasteiger partial charge < -0.3 is 19.7 Å². The van der Waals surface area contributed by atoms with E-state index in [9.17, 15) is 9.59 Å². The number of carbonyl (C=O) groups excluding carboxylic acids is 2. The zero-order valence-electron chi connectivity index (χ0n) is 16.5. The van der Waals surface area contributed by atoms with Gasteiger partial charge in [-0.1, -0.05) is 18.2 Å². The topological polar surface area (TPSA) is 67.9 Å². The van der Waals surface area contributed by atoms with Crippen molar-refractivity contribution in [3.63, 3.8) is 0 Å². The number of methoxy groups -OCH3 is 2. The third-order valence-corrected chi connectivity index (χ3v) is 5.02. The zero-order valence-corrected chi connectivity index (χ0v) is 16.5. The Morgan fingerprint density at radius 1 is 1.11 bits per heavy atom. The van der Waals surface area contributed by atoms with Crippen LogP contribution in [0.15, 0.2) is 42.5 Å². The normalized spacial score (nSPS) is 14.7. The number of likely N-dealkylation sites (tertiary alicyclic amines) is 1. The lowest BCUT2D eigenvalue weighted by Gasteiger charge is -2.17. The molecule has 0 aliphatic carbocycles. The Labute approximate surface area is 165 Å². The van der Waals surface area contributed by atoms with E-state index in [1.165, 1.54) is 0 Å². The van der Waals surface area contributed by atoms with Crippen molar-refractivity contribution in [1.29, 1.82) is 0 Å². The standard InChI is InChI=1S/C22H26N2O4/c1-15(18-10-11-19(27-2)20(13-18)28-3)23-22(26)17-8-6-16(7-9-17)14-24-12-4-5-21(24)25/h6-11,13,15H,4-5,12,14H2,1-3H3,(H,23,26)/t15-/m0/s1. The highest BCUT2D eigenvalue weighted by Gasteiger charge is 2.20. The van der Waals surface area contributed by atoms with Crippen LogP contribution in [0.5, 0.6) is 11.5 Å². The van der Waals surface area contributed by atoms with E-state index in [1.54, 1.807) is 26.4 Å². The van der Waals surface area contributed by atoms with Crippen LogP contribution < -0.4 is 14.8 Å². The highest BCUT2D eigenvalue weighted by molar-refractivity contribution is 5.94. The van der Waals surface area contributed by atoms with E-state index >= 15 is 0 Å². The van der Waals surface area contributed by atoms with Crippen LogP contribution in [0, 0.1) is 0 Å². The lowest BCUT2D eigenvalue weighted by atomic mass is 10.1. The fourth-order valence-electron chi connectivity index (χ4n) is 3.34. The molecule has 3 rings (SSSR count). The fraction of sp³-hybridized carbons (Fsp3) is 0.364. The van der Waals surface area contributed by atoms with Gasteiger partial charge in [0.05, 0.1) is 20.3 Å². The fourth-order valence-corrected chi connectivity index (χ4v) is 3.34. The maximum atomic E-state index is 12.6. The number of benzene rings is 2. The number of ether oxygens (including phenoxy) is 2. The van der Waals surface area contributed by atoms with Crippen LogP contribution in [0.2, 0.25) is 0 Å². The highest BCUT2D eigenvalue weighted by atomic mass is 16.5. The van der Waals surface area contributed by atoms with E-state index < -0.39 is 0 Å². The van der Waals surface area contributed by atoms with E-state index in [2.05, 4.69) is 5.32 Å². The van der Waals surface area contributed by atoms with Crippen LogP contribution in [-0.2, 0) is 11.3 Å². The van der Waals surface area contributed by atoms with E-state index in [0.717, 1.165) is 24.1 Å². The first kappa shape index (κ1) is 19.7. The van der Waals surface area contributed by atoms with E-state index in [4.69, 9.17) is 9.47 Å². The molecule has 6 nitrogen and oxygen atoms in total. The Hall–Kier alpha value is -3.02. The summed E-state index contributed by atoms with van der Waals surface area (Å²) in [6.07, 6.45) is 1.56. The summed E-state index contributed by atoms with van der Waals surface area (Å²) in [5, 5.41) is 3.00. The van der Waals surface area contributed by atoms with Gasteiger partial charge in [-0.15, -0.1) is 0 Å². The van der Waals surface area contributed by atoms with Crippen LogP contribution in [0.3, 0.4) is 0 Å². The van der Waals surface area contributed by atoms with Crippen molar-refractivity contribution < 1.29 is 19.1 Å². The minimum Gasteiger partial charge on any atom is -0.493 e. The van der Waals surface area contributed by atoms with Crippen molar-refractivity contribution in [2.45, 2.75) is 32.4 Å². The first-order valence-electron chi connectivity index (χ1n) is 9.41. The van der Waals surface area contributed by atoms with Gasteiger partial charge >= 0.3 is 0 Å². The van der Waals surface area contributed by atoms with Crippen molar-refractivity contribution in [2.75, 3.05) is 20.8 Å². The summed E-state index contributed by atoms with van der Waals surface area (Å²) >= 11 is 0. The van der Waals surface area contributed by atoms with Gasteiger partial charge in [0.1, 0.15) is 0 Å². The van der Waals surface area contributed by atoms with Crippen molar-refractivity contribution in [1.82, 2.24) is 10.2 Å². The van der Waals surface area contributed by atoms with Gasteiger partial charge in [0.15, 0.2) is 11.5 Å². The molecule has 148 valence electrons. The maximum absolute atomic E-state index is 12.6. The Bertz CT molecular complexity index is 848. The lowest BCUT2D eigenvalue weighted by molar-refractivity contribution is -0.128. The number of carbonyl (C=O) groups is 2. The first-order valence-corrected chi connectivity index (χ1v) is 9.41. The van der Waals surface area contributed by atoms with Gasteiger partial charge in [-0.25, -0.2) is 0 Å². The van der Waals surface area contributed by atoms with Gasteiger partial charge in [0, 0.05) is 25.1 Å². The van der Waals surface area contributed by atoms with Gasteiger partial charge in [-0.2, -0.15) is 0 Å². The van der Waals surface area contributed by atoms with E-state index in [-0.39, 0.29) is 17.9 Å². The number of nitrogens with one attached hydrogen (secondary N) is 1. The average molecular weight is 382 g/mol. The summed E-state index contributed by atoms with van der Waals surface area (Å²) in [6, 6.07) is 12.8. The molecule has 6 heteroatoms. The predicted molar refractivity (Wildman–Crippen MR) is 107 cm³/mol. The molecule has 0 unspecified atom stereocenters. The summed E-state index contributed by atoms with van der Waals surface area (Å²) in [4.78, 5) is 26.2. The minimum atomic E-state index is -0.186. The van der Waals surface area contributed by atoms with Crippen molar-refractivity contribution in [3.05, 3.63) is 59.2 Å². The molecule has 0 radical (unpaired) electrons. The Morgan fingerprint density at radius 2 is 1.82 bits per heavy atom. The molecule has 2 aromatic carbocycles. The molecule has 0 bridgehead atoms. The predicted octanol–water partition coefficient (Wildman–Crippen LogP) is 3.32. The summed E-state index contributed by atoms with van der Waals surface area (Å²) in [5.41, 5.74) is 2.54. The molecular formula is C22H26N2O4. The van der Waals surface area contributed by atoms with Gasteiger partial charge in [0.2, 0.25) is 5.91 Å². The average Bonchev–Trinajstić information content (AvgIpc) is 3.12. The molecule has 0 aromatic heterocycles. The van der Waals surface area contributed by atoms with Gasteiger partial charge in [-0.05, 0) is 48.7 Å². The molecule has 0 spiro atoms. The second-order valence-corrected chi connectivity index (χ2v) is 6.93. The summed E-state index contributed by atoms with van der Waals surface area (Å²) in [6.45, 7) is 3.33. The zero-order chi connectivity index (χ0) is 20.1. The van der Waals surface area contributed by atoms with Crippen molar-refractivity contribution in [3.8, 4) is 11.5 Å². The Morgan fingerprint density at radius 3 is 2.43 bits per heavy atom. The minimum absolute atomic E-state index is 0.147. The largest absolute Gasteiger partial charge is 0.493 e. The smallest absolute Gasteiger partial charge is 0.251 e. The Kier molecular flexibility index (Phi) is 6.19. The number of hydrogen-bond donors (Lipinski definition) is 1. The lowest BCUT2D eigenvalue weighted by Crippen LogP contribution is -2.27. The van der Waals surface area contributed by atoms with Gasteiger partial charge in [0.25, 0.3) is 5.91 Å². The van der Waals surface area contributed by atoms with Gasteiger partial charge in [-0.3, -0.25) is 9.59 Å². The molecule has 1 aliphatic heterocycles. The quantitative estimate of drug-likeness (QED) is 0.798. The van der Waals surface area contributed by atoms with Crippen LogP contribution in [0.4, 0.5) is 0 Å². The number of rotatable bonds is 7. The van der Waals surface area contributed by atoms with E-state index in [1.807, 2.05) is 42.2 Å². The number of nitrogens with zero attached hydrogens (tertiary/aromatic N) is 1. The first-order chi connectivity index (χ1) is 13.5.